The van der Waals surface area contributed by atoms with Crippen molar-refractivity contribution in [1.29, 1.82) is 0 Å². The molecule has 0 bridgehead atoms. The zero-order valence-electron chi connectivity index (χ0n) is 16.5. The van der Waals surface area contributed by atoms with Gasteiger partial charge in [-0.1, -0.05) is 84.9 Å². The SMILES string of the molecule is Cc1ccccc1CCNC(=O)COC(=O)C(c1ccccc1)c1ccccc1. The Balaban J connectivity index is 1.56. The van der Waals surface area contributed by atoms with E-state index in [4.69, 9.17) is 4.74 Å². The van der Waals surface area contributed by atoms with Gasteiger partial charge in [-0.15, -0.1) is 0 Å². The summed E-state index contributed by atoms with van der Waals surface area (Å²) < 4.78 is 5.35. The Morgan fingerprint density at radius 3 is 1.97 bits per heavy atom. The molecule has 148 valence electrons. The highest BCUT2D eigenvalue weighted by molar-refractivity contribution is 5.85. The molecular formula is C25H25NO3. The van der Waals surface area contributed by atoms with Crippen molar-refractivity contribution in [1.82, 2.24) is 5.32 Å². The lowest BCUT2D eigenvalue weighted by Gasteiger charge is -2.17. The number of esters is 1. The number of carbonyl (C=O) groups is 2. The third-order valence-electron chi connectivity index (χ3n) is 4.82. The molecule has 1 N–H and O–H groups in total. The van der Waals surface area contributed by atoms with Gasteiger partial charge in [0.15, 0.2) is 6.61 Å². The van der Waals surface area contributed by atoms with E-state index in [1.165, 1.54) is 11.1 Å². The van der Waals surface area contributed by atoms with Crippen molar-refractivity contribution in [3.05, 3.63) is 107 Å². The van der Waals surface area contributed by atoms with Crippen LogP contribution in [0.2, 0.25) is 0 Å². The van der Waals surface area contributed by atoms with Gasteiger partial charge < -0.3 is 10.1 Å². The number of aryl methyl sites for hydroxylation is 1. The summed E-state index contributed by atoms with van der Waals surface area (Å²) in [7, 11) is 0. The van der Waals surface area contributed by atoms with Gasteiger partial charge in [-0.05, 0) is 35.6 Å². The zero-order valence-corrected chi connectivity index (χ0v) is 16.5. The van der Waals surface area contributed by atoms with Crippen molar-refractivity contribution in [3.8, 4) is 0 Å². The van der Waals surface area contributed by atoms with Gasteiger partial charge in [0, 0.05) is 6.54 Å². The van der Waals surface area contributed by atoms with E-state index in [9.17, 15) is 9.59 Å². The van der Waals surface area contributed by atoms with Gasteiger partial charge >= 0.3 is 5.97 Å². The topological polar surface area (TPSA) is 55.4 Å². The van der Waals surface area contributed by atoms with Gasteiger partial charge in [0.05, 0.1) is 0 Å². The maximum atomic E-state index is 12.8. The average molecular weight is 387 g/mol. The molecule has 0 aromatic heterocycles. The molecule has 3 aromatic rings. The molecule has 3 aromatic carbocycles. The van der Waals surface area contributed by atoms with Gasteiger partial charge in [-0.3, -0.25) is 9.59 Å². The van der Waals surface area contributed by atoms with Crippen molar-refractivity contribution in [2.24, 2.45) is 0 Å². The predicted octanol–water partition coefficient (Wildman–Crippen LogP) is 4.03. The number of rotatable bonds is 8. The summed E-state index contributed by atoms with van der Waals surface area (Å²) in [4.78, 5) is 24.9. The number of nitrogens with one attached hydrogen (secondary N) is 1. The fourth-order valence-electron chi connectivity index (χ4n) is 3.25. The Kier molecular flexibility index (Phi) is 7.17. The van der Waals surface area contributed by atoms with Gasteiger partial charge in [0.25, 0.3) is 5.91 Å². The predicted molar refractivity (Wildman–Crippen MR) is 114 cm³/mol. The Hall–Kier alpha value is -3.40. The summed E-state index contributed by atoms with van der Waals surface area (Å²) in [6.45, 7) is 2.26. The molecule has 4 heteroatoms. The summed E-state index contributed by atoms with van der Waals surface area (Å²) >= 11 is 0. The van der Waals surface area contributed by atoms with E-state index >= 15 is 0 Å². The minimum atomic E-state index is -0.558. The van der Waals surface area contributed by atoms with Crippen molar-refractivity contribution >= 4 is 11.9 Å². The first-order valence-electron chi connectivity index (χ1n) is 9.73. The number of carbonyl (C=O) groups excluding carboxylic acids is 2. The van der Waals surface area contributed by atoms with Crippen LogP contribution in [0.4, 0.5) is 0 Å². The van der Waals surface area contributed by atoms with Crippen molar-refractivity contribution in [2.45, 2.75) is 19.3 Å². The van der Waals surface area contributed by atoms with Crippen LogP contribution in [0, 0.1) is 6.92 Å². The lowest BCUT2D eigenvalue weighted by Crippen LogP contribution is -2.31. The largest absolute Gasteiger partial charge is 0.455 e. The Morgan fingerprint density at radius 1 is 0.828 bits per heavy atom. The Morgan fingerprint density at radius 2 is 1.38 bits per heavy atom. The van der Waals surface area contributed by atoms with Crippen LogP contribution in [0.1, 0.15) is 28.2 Å². The van der Waals surface area contributed by atoms with Crippen molar-refractivity contribution in [3.63, 3.8) is 0 Å². The quantitative estimate of drug-likeness (QED) is 0.594. The van der Waals surface area contributed by atoms with E-state index in [0.29, 0.717) is 6.54 Å². The summed E-state index contributed by atoms with van der Waals surface area (Å²) in [6, 6.07) is 27.0. The van der Waals surface area contributed by atoms with E-state index in [1.54, 1.807) is 0 Å². The molecule has 0 aliphatic carbocycles. The van der Waals surface area contributed by atoms with Crippen LogP contribution in [-0.4, -0.2) is 25.0 Å². The van der Waals surface area contributed by atoms with Crippen LogP contribution in [0.25, 0.3) is 0 Å². The van der Waals surface area contributed by atoms with Crippen LogP contribution in [0.5, 0.6) is 0 Å². The van der Waals surface area contributed by atoms with E-state index in [1.807, 2.05) is 91.9 Å². The minimum absolute atomic E-state index is 0.289. The fraction of sp³-hybridized carbons (Fsp3) is 0.200. The standard InChI is InChI=1S/C25H25NO3/c1-19-10-8-9-11-20(19)16-17-26-23(27)18-29-25(28)24(21-12-4-2-5-13-21)22-14-6-3-7-15-22/h2-15,24H,16-18H2,1H3,(H,26,27). The third-order valence-corrected chi connectivity index (χ3v) is 4.82. The summed E-state index contributed by atoms with van der Waals surface area (Å²) in [5.41, 5.74) is 4.06. The zero-order chi connectivity index (χ0) is 20.5. The highest BCUT2D eigenvalue weighted by Gasteiger charge is 2.24. The molecule has 1 amide bonds. The first-order chi connectivity index (χ1) is 14.1. The van der Waals surface area contributed by atoms with E-state index in [2.05, 4.69) is 5.32 Å². The minimum Gasteiger partial charge on any atom is -0.455 e. The van der Waals surface area contributed by atoms with Crippen molar-refractivity contribution in [2.75, 3.05) is 13.2 Å². The Labute approximate surface area is 171 Å². The van der Waals surface area contributed by atoms with Gasteiger partial charge in [-0.2, -0.15) is 0 Å². The Bertz CT molecular complexity index is 899. The molecule has 4 nitrogen and oxygen atoms in total. The molecule has 0 heterocycles. The van der Waals surface area contributed by atoms with Crippen molar-refractivity contribution < 1.29 is 14.3 Å². The number of amides is 1. The molecule has 0 aliphatic rings. The number of hydrogen-bond acceptors (Lipinski definition) is 3. The first-order valence-corrected chi connectivity index (χ1v) is 9.73. The third kappa shape index (κ3) is 5.79. The number of hydrogen-bond donors (Lipinski definition) is 1. The van der Waals surface area contributed by atoms with E-state index in [0.717, 1.165) is 17.5 Å². The lowest BCUT2D eigenvalue weighted by molar-refractivity contribution is -0.149. The molecule has 0 spiro atoms. The van der Waals surface area contributed by atoms with Gasteiger partial charge in [-0.25, -0.2) is 0 Å². The summed E-state index contributed by atoms with van der Waals surface area (Å²) in [5.74, 6) is -1.29. The van der Waals surface area contributed by atoms with Crippen LogP contribution in [-0.2, 0) is 20.7 Å². The maximum Gasteiger partial charge on any atom is 0.318 e. The molecule has 0 atom stereocenters. The van der Waals surface area contributed by atoms with Crippen LogP contribution < -0.4 is 5.32 Å². The second-order valence-corrected chi connectivity index (χ2v) is 6.89. The van der Waals surface area contributed by atoms with E-state index < -0.39 is 11.9 Å². The van der Waals surface area contributed by atoms with Gasteiger partial charge in [0.1, 0.15) is 5.92 Å². The van der Waals surface area contributed by atoms with Crippen LogP contribution in [0.15, 0.2) is 84.9 Å². The summed E-state index contributed by atoms with van der Waals surface area (Å²) in [6.07, 6.45) is 0.739. The molecule has 0 radical (unpaired) electrons. The maximum absolute atomic E-state index is 12.8. The highest BCUT2D eigenvalue weighted by atomic mass is 16.5. The molecular weight excluding hydrogens is 362 g/mol. The molecule has 29 heavy (non-hydrogen) atoms. The summed E-state index contributed by atoms with van der Waals surface area (Å²) in [5, 5.41) is 2.82. The molecule has 0 fully saturated rings. The van der Waals surface area contributed by atoms with Crippen LogP contribution in [0.3, 0.4) is 0 Å². The molecule has 0 saturated carbocycles. The molecule has 0 unspecified atom stereocenters. The van der Waals surface area contributed by atoms with Crippen LogP contribution >= 0.6 is 0 Å². The lowest BCUT2D eigenvalue weighted by atomic mass is 9.91. The monoisotopic (exact) mass is 387 g/mol. The molecule has 0 aliphatic heterocycles. The average Bonchev–Trinajstić information content (AvgIpc) is 2.75. The molecule has 3 rings (SSSR count). The second-order valence-electron chi connectivity index (χ2n) is 6.89. The highest BCUT2D eigenvalue weighted by Crippen LogP contribution is 2.25. The second kappa shape index (κ2) is 10.2. The molecule has 0 saturated heterocycles. The first kappa shape index (κ1) is 20.3. The van der Waals surface area contributed by atoms with Gasteiger partial charge in [0.2, 0.25) is 0 Å². The number of benzene rings is 3. The smallest absolute Gasteiger partial charge is 0.318 e. The number of ether oxygens (including phenoxy) is 1. The fourth-order valence-corrected chi connectivity index (χ4v) is 3.25. The normalized spacial score (nSPS) is 10.6. The van der Waals surface area contributed by atoms with E-state index in [-0.39, 0.29) is 12.5 Å².